The lowest BCUT2D eigenvalue weighted by Gasteiger charge is -2.32. The fourth-order valence-electron chi connectivity index (χ4n) is 3.36. The fourth-order valence-corrected chi connectivity index (χ4v) is 3.36. The molecule has 0 unspecified atom stereocenters. The van der Waals surface area contributed by atoms with Gasteiger partial charge in [-0.2, -0.15) is 0 Å². The van der Waals surface area contributed by atoms with Crippen molar-refractivity contribution in [2.75, 3.05) is 39.3 Å². The predicted octanol–water partition coefficient (Wildman–Crippen LogP) is -0.702. The highest BCUT2D eigenvalue weighted by Crippen LogP contribution is 2.18. The number of carbonyl (C=O) groups is 3. The van der Waals surface area contributed by atoms with E-state index in [1.807, 2.05) is 4.90 Å². The molecule has 128 valence electrons. The highest BCUT2D eigenvalue weighted by molar-refractivity contribution is 5.96. The van der Waals surface area contributed by atoms with Gasteiger partial charge in [0, 0.05) is 32.2 Å². The molecule has 2 N–H and O–H groups in total. The number of rotatable bonds is 4. The molecule has 3 fully saturated rings. The molecular formula is C15H24N4O4. The first-order valence-corrected chi connectivity index (χ1v) is 8.36. The quantitative estimate of drug-likeness (QED) is 0.713. The Morgan fingerprint density at radius 2 is 2.04 bits per heavy atom. The van der Waals surface area contributed by atoms with Crippen molar-refractivity contribution in [1.29, 1.82) is 0 Å². The van der Waals surface area contributed by atoms with E-state index in [-0.39, 0.29) is 30.4 Å². The molecule has 4 amide bonds. The van der Waals surface area contributed by atoms with E-state index in [1.165, 1.54) is 4.90 Å². The molecule has 0 radical (unpaired) electrons. The summed E-state index contributed by atoms with van der Waals surface area (Å²) in [5.74, 6) is -0.315. The Hall–Kier alpha value is -1.67. The maximum Gasteiger partial charge on any atom is 0.324 e. The molecule has 2 saturated heterocycles. The minimum Gasteiger partial charge on any atom is -0.366 e. The molecule has 2 aliphatic heterocycles. The van der Waals surface area contributed by atoms with Crippen molar-refractivity contribution in [3.63, 3.8) is 0 Å². The molecule has 0 aromatic rings. The Balaban J connectivity index is 1.48. The molecule has 2 heterocycles. The normalized spacial score (nSPS) is 26.3. The summed E-state index contributed by atoms with van der Waals surface area (Å²) in [6.45, 7) is 2.45. The summed E-state index contributed by atoms with van der Waals surface area (Å²) in [6, 6.07) is -0.0739. The van der Waals surface area contributed by atoms with E-state index in [4.69, 9.17) is 4.74 Å². The summed E-state index contributed by atoms with van der Waals surface area (Å²) in [6.07, 6.45) is 3.85. The number of hydrogen-bond acceptors (Lipinski definition) is 5. The molecule has 0 bridgehead atoms. The topological polar surface area (TPSA) is 91.0 Å². The Kier molecular flexibility index (Phi) is 5.12. The van der Waals surface area contributed by atoms with Gasteiger partial charge in [0.15, 0.2) is 0 Å². The maximum atomic E-state index is 12.3. The molecule has 0 aromatic carbocycles. The fraction of sp³-hybridized carbons (Fsp3) is 0.800. The average Bonchev–Trinajstić information content (AvgIpc) is 3.19. The van der Waals surface area contributed by atoms with Gasteiger partial charge in [-0.15, -0.1) is 0 Å². The van der Waals surface area contributed by atoms with Crippen molar-refractivity contribution >= 4 is 17.8 Å². The maximum absolute atomic E-state index is 12.3. The van der Waals surface area contributed by atoms with Gasteiger partial charge < -0.3 is 15.4 Å². The molecule has 1 saturated carbocycles. The van der Waals surface area contributed by atoms with Crippen LogP contribution in [0, 0.1) is 0 Å². The van der Waals surface area contributed by atoms with E-state index in [2.05, 4.69) is 10.6 Å². The smallest absolute Gasteiger partial charge is 0.324 e. The highest BCUT2D eigenvalue weighted by atomic mass is 16.5. The average molecular weight is 324 g/mol. The summed E-state index contributed by atoms with van der Waals surface area (Å²) in [5, 5.41) is 5.65. The van der Waals surface area contributed by atoms with Crippen LogP contribution in [0.2, 0.25) is 0 Å². The first-order valence-electron chi connectivity index (χ1n) is 8.36. The van der Waals surface area contributed by atoms with Crippen LogP contribution in [0.15, 0.2) is 0 Å². The number of hydrogen-bond donors (Lipinski definition) is 2. The number of amides is 4. The molecule has 1 atom stereocenters. The number of ether oxygens (including phenoxy) is 1. The third-order valence-corrected chi connectivity index (χ3v) is 4.66. The number of urea groups is 1. The Morgan fingerprint density at radius 1 is 1.26 bits per heavy atom. The number of carbonyl (C=O) groups excluding carboxylic acids is 3. The van der Waals surface area contributed by atoms with Crippen molar-refractivity contribution in [3.8, 4) is 0 Å². The van der Waals surface area contributed by atoms with Crippen LogP contribution in [0.1, 0.15) is 25.7 Å². The second-order valence-corrected chi connectivity index (χ2v) is 6.36. The van der Waals surface area contributed by atoms with Gasteiger partial charge >= 0.3 is 6.03 Å². The van der Waals surface area contributed by atoms with Crippen LogP contribution in [0.5, 0.6) is 0 Å². The van der Waals surface area contributed by atoms with Crippen molar-refractivity contribution in [3.05, 3.63) is 0 Å². The first kappa shape index (κ1) is 16.2. The predicted molar refractivity (Wildman–Crippen MR) is 81.7 cm³/mol. The molecule has 1 aliphatic carbocycles. The molecule has 8 heteroatoms. The zero-order valence-electron chi connectivity index (χ0n) is 13.3. The van der Waals surface area contributed by atoms with E-state index < -0.39 is 6.10 Å². The van der Waals surface area contributed by atoms with Crippen LogP contribution < -0.4 is 10.6 Å². The van der Waals surface area contributed by atoms with Crippen molar-refractivity contribution < 1.29 is 19.1 Å². The lowest BCUT2D eigenvalue weighted by Crippen LogP contribution is -2.53. The van der Waals surface area contributed by atoms with E-state index in [0.717, 1.165) is 25.7 Å². The Bertz CT molecular complexity index is 478. The van der Waals surface area contributed by atoms with Crippen LogP contribution in [0.4, 0.5) is 4.79 Å². The Labute approximate surface area is 135 Å². The Morgan fingerprint density at radius 3 is 2.74 bits per heavy atom. The van der Waals surface area contributed by atoms with Gasteiger partial charge in [-0.05, 0) is 12.8 Å². The molecule has 23 heavy (non-hydrogen) atoms. The second kappa shape index (κ2) is 7.27. The van der Waals surface area contributed by atoms with Gasteiger partial charge in [-0.25, -0.2) is 4.79 Å². The van der Waals surface area contributed by atoms with E-state index >= 15 is 0 Å². The standard InChI is InChI=1S/C15H24N4O4/c20-13(19-6-5-16-15(19)22)10-18-7-8-23-12(9-18)14(21)17-11-3-1-2-4-11/h11-12H,1-10H2,(H,16,22)(H,17,21)/t12-/m0/s1. The largest absolute Gasteiger partial charge is 0.366 e. The SMILES string of the molecule is O=C(NC1CCCC1)[C@@H]1CN(CC(=O)N2CCNC2=O)CCO1. The molecule has 3 aliphatic rings. The van der Waals surface area contributed by atoms with Gasteiger partial charge in [-0.3, -0.25) is 19.4 Å². The minimum absolute atomic E-state index is 0.0898. The minimum atomic E-state index is -0.537. The number of morpholine rings is 1. The first-order chi connectivity index (χ1) is 11.1. The third kappa shape index (κ3) is 4.00. The summed E-state index contributed by atoms with van der Waals surface area (Å²) in [7, 11) is 0. The summed E-state index contributed by atoms with van der Waals surface area (Å²) < 4.78 is 5.55. The van der Waals surface area contributed by atoms with Crippen molar-refractivity contribution in [2.45, 2.75) is 37.8 Å². The molecule has 8 nitrogen and oxygen atoms in total. The van der Waals surface area contributed by atoms with Gasteiger partial charge in [0.25, 0.3) is 5.91 Å². The molecule has 0 spiro atoms. The summed E-state index contributed by atoms with van der Waals surface area (Å²) in [5.41, 5.74) is 0. The molecule has 3 rings (SSSR count). The van der Waals surface area contributed by atoms with Crippen LogP contribution in [0.25, 0.3) is 0 Å². The highest BCUT2D eigenvalue weighted by Gasteiger charge is 2.32. The van der Waals surface area contributed by atoms with E-state index in [9.17, 15) is 14.4 Å². The van der Waals surface area contributed by atoms with E-state index in [1.54, 1.807) is 0 Å². The van der Waals surface area contributed by atoms with Crippen molar-refractivity contribution in [2.24, 2.45) is 0 Å². The van der Waals surface area contributed by atoms with E-state index in [0.29, 0.717) is 32.8 Å². The molecular weight excluding hydrogens is 300 g/mol. The van der Waals surface area contributed by atoms with Gasteiger partial charge in [-0.1, -0.05) is 12.8 Å². The third-order valence-electron chi connectivity index (χ3n) is 4.66. The van der Waals surface area contributed by atoms with Crippen LogP contribution in [0.3, 0.4) is 0 Å². The van der Waals surface area contributed by atoms with Crippen molar-refractivity contribution in [1.82, 2.24) is 20.4 Å². The number of imide groups is 1. The lowest BCUT2D eigenvalue weighted by molar-refractivity contribution is -0.142. The van der Waals surface area contributed by atoms with Crippen LogP contribution in [-0.2, 0) is 14.3 Å². The zero-order chi connectivity index (χ0) is 16.2. The second-order valence-electron chi connectivity index (χ2n) is 6.36. The molecule has 0 aromatic heterocycles. The number of nitrogens with one attached hydrogen (secondary N) is 2. The number of nitrogens with zero attached hydrogens (tertiary/aromatic N) is 2. The van der Waals surface area contributed by atoms with Gasteiger partial charge in [0.2, 0.25) is 5.91 Å². The van der Waals surface area contributed by atoms with Crippen LogP contribution >= 0.6 is 0 Å². The van der Waals surface area contributed by atoms with Crippen LogP contribution in [-0.4, -0.2) is 79.1 Å². The monoisotopic (exact) mass is 324 g/mol. The van der Waals surface area contributed by atoms with Gasteiger partial charge in [0.05, 0.1) is 13.2 Å². The zero-order valence-corrected chi connectivity index (χ0v) is 13.3. The summed E-state index contributed by atoms with van der Waals surface area (Å²) in [4.78, 5) is 39.1. The lowest BCUT2D eigenvalue weighted by atomic mass is 10.2. The van der Waals surface area contributed by atoms with Gasteiger partial charge in [0.1, 0.15) is 6.10 Å². The summed E-state index contributed by atoms with van der Waals surface area (Å²) >= 11 is 0.